The molecule has 1 atom stereocenters. The molecule has 1 aromatic carbocycles. The van der Waals surface area contributed by atoms with E-state index in [1.165, 1.54) is 0 Å². The minimum Gasteiger partial charge on any atom is -0.370 e. The van der Waals surface area contributed by atoms with Gasteiger partial charge < -0.3 is 10.6 Å². The zero-order valence-electron chi connectivity index (χ0n) is 8.95. The summed E-state index contributed by atoms with van der Waals surface area (Å²) >= 11 is 9.55. The summed E-state index contributed by atoms with van der Waals surface area (Å²) in [7, 11) is 0. The van der Waals surface area contributed by atoms with Crippen LogP contribution in [0.2, 0.25) is 5.02 Å². The molecule has 0 aliphatic carbocycles. The SMILES string of the molecule is CCN1C(N)=NCC1c1cc(Cl)ccc1Br. The number of guanidine groups is 1. The Balaban J connectivity index is 2.35. The van der Waals surface area contributed by atoms with Gasteiger partial charge in [0, 0.05) is 16.0 Å². The summed E-state index contributed by atoms with van der Waals surface area (Å²) < 4.78 is 1.05. The first kappa shape index (κ1) is 11.7. The van der Waals surface area contributed by atoms with Gasteiger partial charge in [0.25, 0.3) is 0 Å². The van der Waals surface area contributed by atoms with Gasteiger partial charge in [-0.15, -0.1) is 0 Å². The van der Waals surface area contributed by atoms with Gasteiger partial charge >= 0.3 is 0 Å². The average molecular weight is 303 g/mol. The van der Waals surface area contributed by atoms with Crippen LogP contribution in [0.4, 0.5) is 0 Å². The molecule has 0 bridgehead atoms. The molecule has 0 fully saturated rings. The second-order valence-electron chi connectivity index (χ2n) is 3.67. The normalized spacial score (nSPS) is 20.1. The summed E-state index contributed by atoms with van der Waals surface area (Å²) in [6, 6.07) is 5.98. The number of halogens is 2. The Bertz CT molecular complexity index is 433. The summed E-state index contributed by atoms with van der Waals surface area (Å²) in [6.45, 7) is 3.61. The molecule has 0 saturated heterocycles. The van der Waals surface area contributed by atoms with Crippen molar-refractivity contribution in [3.63, 3.8) is 0 Å². The van der Waals surface area contributed by atoms with Crippen molar-refractivity contribution in [2.45, 2.75) is 13.0 Å². The topological polar surface area (TPSA) is 41.6 Å². The highest BCUT2D eigenvalue weighted by Gasteiger charge is 2.27. The highest BCUT2D eigenvalue weighted by atomic mass is 79.9. The van der Waals surface area contributed by atoms with Gasteiger partial charge in [-0.2, -0.15) is 0 Å². The molecule has 2 rings (SSSR count). The fraction of sp³-hybridized carbons (Fsp3) is 0.364. The molecule has 86 valence electrons. The van der Waals surface area contributed by atoms with E-state index in [4.69, 9.17) is 17.3 Å². The lowest BCUT2D eigenvalue weighted by molar-refractivity contribution is 0.363. The molecular formula is C11H13BrClN3. The Morgan fingerprint density at radius 3 is 3.06 bits per heavy atom. The number of nitrogens with two attached hydrogens (primary N) is 1. The standard InChI is InChI=1S/C11H13BrClN3/c1-2-16-10(6-15-11(16)14)8-5-7(13)3-4-9(8)12/h3-5,10H,2,6H2,1H3,(H2,14,15). The maximum absolute atomic E-state index is 6.01. The third-order valence-electron chi connectivity index (χ3n) is 2.75. The van der Waals surface area contributed by atoms with E-state index in [0.29, 0.717) is 12.5 Å². The fourth-order valence-corrected chi connectivity index (χ4v) is 2.64. The van der Waals surface area contributed by atoms with Gasteiger partial charge in [-0.1, -0.05) is 27.5 Å². The maximum atomic E-state index is 6.01. The summed E-state index contributed by atoms with van der Waals surface area (Å²) in [6.07, 6.45) is 0. The summed E-state index contributed by atoms with van der Waals surface area (Å²) in [4.78, 5) is 6.35. The van der Waals surface area contributed by atoms with E-state index in [9.17, 15) is 0 Å². The van der Waals surface area contributed by atoms with Crippen molar-refractivity contribution in [3.8, 4) is 0 Å². The second kappa shape index (κ2) is 4.63. The van der Waals surface area contributed by atoms with E-state index in [1.54, 1.807) is 0 Å². The zero-order valence-corrected chi connectivity index (χ0v) is 11.3. The van der Waals surface area contributed by atoms with Crippen molar-refractivity contribution in [1.82, 2.24) is 4.90 Å². The van der Waals surface area contributed by atoms with Gasteiger partial charge in [0.05, 0.1) is 12.6 Å². The van der Waals surface area contributed by atoms with E-state index in [-0.39, 0.29) is 6.04 Å². The second-order valence-corrected chi connectivity index (χ2v) is 4.96. The molecule has 1 aliphatic rings. The monoisotopic (exact) mass is 301 g/mol. The number of likely N-dealkylation sites (N-methyl/N-ethyl adjacent to an activating group) is 1. The van der Waals surface area contributed by atoms with Crippen LogP contribution in [0, 0.1) is 0 Å². The van der Waals surface area contributed by atoms with E-state index >= 15 is 0 Å². The molecule has 0 aromatic heterocycles. The minimum absolute atomic E-state index is 0.193. The van der Waals surface area contributed by atoms with Gasteiger partial charge in [0.2, 0.25) is 0 Å². The predicted octanol–water partition coefficient (Wildman–Crippen LogP) is 2.79. The first-order chi connectivity index (χ1) is 7.63. The molecule has 1 unspecified atom stereocenters. The largest absolute Gasteiger partial charge is 0.370 e. The van der Waals surface area contributed by atoms with Crippen molar-refractivity contribution in [2.24, 2.45) is 10.7 Å². The van der Waals surface area contributed by atoms with Gasteiger partial charge in [0.15, 0.2) is 5.96 Å². The molecule has 3 nitrogen and oxygen atoms in total. The van der Waals surface area contributed by atoms with Crippen molar-refractivity contribution in [1.29, 1.82) is 0 Å². The quantitative estimate of drug-likeness (QED) is 0.913. The van der Waals surface area contributed by atoms with Crippen molar-refractivity contribution in [2.75, 3.05) is 13.1 Å². The Morgan fingerprint density at radius 2 is 2.38 bits per heavy atom. The first-order valence-electron chi connectivity index (χ1n) is 5.15. The molecule has 16 heavy (non-hydrogen) atoms. The number of benzene rings is 1. The molecular weight excluding hydrogens is 289 g/mol. The Hall–Kier alpha value is -0.740. The van der Waals surface area contributed by atoms with Crippen LogP contribution in [-0.4, -0.2) is 23.9 Å². The van der Waals surface area contributed by atoms with Crippen LogP contribution >= 0.6 is 27.5 Å². The van der Waals surface area contributed by atoms with Gasteiger partial charge in [0.1, 0.15) is 0 Å². The smallest absolute Gasteiger partial charge is 0.191 e. The van der Waals surface area contributed by atoms with Gasteiger partial charge in [-0.3, -0.25) is 4.99 Å². The first-order valence-corrected chi connectivity index (χ1v) is 6.32. The number of rotatable bonds is 2. The molecule has 1 aliphatic heterocycles. The van der Waals surface area contributed by atoms with E-state index in [2.05, 4.69) is 32.7 Å². The Kier molecular flexibility index (Phi) is 3.40. The number of hydrogen-bond donors (Lipinski definition) is 1. The molecule has 1 heterocycles. The molecule has 0 spiro atoms. The molecule has 0 saturated carbocycles. The van der Waals surface area contributed by atoms with Gasteiger partial charge in [-0.05, 0) is 30.7 Å². The maximum Gasteiger partial charge on any atom is 0.191 e. The number of nitrogens with zero attached hydrogens (tertiary/aromatic N) is 2. The van der Waals surface area contributed by atoms with Crippen LogP contribution in [0.25, 0.3) is 0 Å². The fourth-order valence-electron chi connectivity index (χ4n) is 1.95. The van der Waals surface area contributed by atoms with Crippen molar-refractivity contribution >= 4 is 33.5 Å². The third-order valence-corrected chi connectivity index (χ3v) is 3.71. The third kappa shape index (κ3) is 2.04. The van der Waals surface area contributed by atoms with Gasteiger partial charge in [-0.25, -0.2) is 0 Å². The molecule has 1 aromatic rings. The van der Waals surface area contributed by atoms with Crippen molar-refractivity contribution in [3.05, 3.63) is 33.3 Å². The Labute approximate surface area is 108 Å². The summed E-state index contributed by atoms with van der Waals surface area (Å²) in [5, 5.41) is 0.736. The van der Waals surface area contributed by atoms with E-state index in [1.807, 2.05) is 18.2 Å². The number of hydrogen-bond acceptors (Lipinski definition) is 3. The lowest BCUT2D eigenvalue weighted by atomic mass is 10.1. The summed E-state index contributed by atoms with van der Waals surface area (Å²) in [5.41, 5.74) is 6.97. The molecule has 0 radical (unpaired) electrons. The van der Waals surface area contributed by atoms with Crippen LogP contribution in [0.3, 0.4) is 0 Å². The van der Waals surface area contributed by atoms with Crippen LogP contribution in [0.1, 0.15) is 18.5 Å². The van der Waals surface area contributed by atoms with Crippen molar-refractivity contribution < 1.29 is 0 Å². The molecule has 5 heteroatoms. The minimum atomic E-state index is 0.193. The zero-order chi connectivity index (χ0) is 11.7. The van der Waals surface area contributed by atoms with Crippen LogP contribution in [0.5, 0.6) is 0 Å². The average Bonchev–Trinajstić information content (AvgIpc) is 2.63. The highest BCUT2D eigenvalue weighted by Crippen LogP contribution is 2.32. The molecule has 2 N–H and O–H groups in total. The van der Waals surface area contributed by atoms with E-state index in [0.717, 1.165) is 21.6 Å². The lowest BCUT2D eigenvalue weighted by Gasteiger charge is -2.25. The van der Waals surface area contributed by atoms with Crippen LogP contribution < -0.4 is 5.73 Å². The van der Waals surface area contributed by atoms with Crippen LogP contribution in [0.15, 0.2) is 27.7 Å². The Morgan fingerprint density at radius 1 is 1.62 bits per heavy atom. The predicted molar refractivity (Wildman–Crippen MR) is 70.8 cm³/mol. The lowest BCUT2D eigenvalue weighted by Crippen LogP contribution is -2.35. The van der Waals surface area contributed by atoms with E-state index < -0.39 is 0 Å². The highest BCUT2D eigenvalue weighted by molar-refractivity contribution is 9.10. The van der Waals surface area contributed by atoms with Crippen LogP contribution in [-0.2, 0) is 0 Å². The number of aliphatic imine (C=N–C) groups is 1. The summed E-state index contributed by atoms with van der Waals surface area (Å²) in [5.74, 6) is 0.611. The molecule has 0 amide bonds.